The molecule has 0 bridgehead atoms. The average Bonchev–Trinajstić information content (AvgIpc) is 2.50. The van der Waals surface area contributed by atoms with Crippen LogP contribution in [0.15, 0.2) is 0 Å². The third-order valence-electron chi connectivity index (χ3n) is 5.42. The zero-order chi connectivity index (χ0) is 15.2. The minimum atomic E-state index is 0.292. The van der Waals surface area contributed by atoms with E-state index in [2.05, 4.69) is 18.7 Å². The van der Waals surface area contributed by atoms with Crippen LogP contribution in [0.5, 0.6) is 0 Å². The van der Waals surface area contributed by atoms with E-state index in [0.29, 0.717) is 24.3 Å². The van der Waals surface area contributed by atoms with Crippen molar-refractivity contribution in [3.63, 3.8) is 0 Å². The molecule has 2 rings (SSSR count). The highest BCUT2D eigenvalue weighted by Gasteiger charge is 2.36. The van der Waals surface area contributed by atoms with Crippen LogP contribution in [0.3, 0.4) is 0 Å². The summed E-state index contributed by atoms with van der Waals surface area (Å²) in [6.45, 7) is 6.81. The van der Waals surface area contributed by atoms with Crippen molar-refractivity contribution in [3.8, 4) is 0 Å². The van der Waals surface area contributed by atoms with E-state index in [9.17, 15) is 4.79 Å². The molecule has 3 atom stereocenters. The van der Waals surface area contributed by atoms with Crippen LogP contribution in [-0.4, -0.2) is 30.4 Å². The molecule has 3 heteroatoms. The first-order valence-corrected chi connectivity index (χ1v) is 9.10. The molecule has 2 aliphatic carbocycles. The van der Waals surface area contributed by atoms with Crippen molar-refractivity contribution in [3.05, 3.63) is 0 Å². The van der Waals surface area contributed by atoms with E-state index in [1.54, 1.807) is 0 Å². The second-order valence-corrected chi connectivity index (χ2v) is 7.63. The van der Waals surface area contributed by atoms with Gasteiger partial charge in [-0.1, -0.05) is 39.5 Å². The van der Waals surface area contributed by atoms with E-state index < -0.39 is 0 Å². The molecule has 0 saturated heterocycles. The van der Waals surface area contributed by atoms with Gasteiger partial charge in [0.05, 0.1) is 0 Å². The van der Waals surface area contributed by atoms with Gasteiger partial charge in [0.25, 0.3) is 0 Å². The average molecular weight is 294 g/mol. The summed E-state index contributed by atoms with van der Waals surface area (Å²) in [5.41, 5.74) is 5.64. The fourth-order valence-electron chi connectivity index (χ4n) is 4.37. The van der Waals surface area contributed by atoms with Gasteiger partial charge in [0.2, 0.25) is 5.91 Å². The molecule has 21 heavy (non-hydrogen) atoms. The number of nitrogens with two attached hydrogens (primary N) is 1. The zero-order valence-electron chi connectivity index (χ0n) is 14.0. The van der Waals surface area contributed by atoms with Gasteiger partial charge in [-0.05, 0) is 50.0 Å². The first kappa shape index (κ1) is 16.8. The summed E-state index contributed by atoms with van der Waals surface area (Å²) in [7, 11) is 0. The van der Waals surface area contributed by atoms with Crippen LogP contribution in [0.4, 0.5) is 0 Å². The summed E-state index contributed by atoms with van der Waals surface area (Å²) < 4.78 is 0. The monoisotopic (exact) mass is 294 g/mol. The molecule has 3 unspecified atom stereocenters. The van der Waals surface area contributed by atoms with E-state index in [1.165, 1.54) is 32.1 Å². The Labute approximate surface area is 130 Å². The van der Waals surface area contributed by atoms with Crippen molar-refractivity contribution in [2.24, 2.45) is 29.4 Å². The Morgan fingerprint density at radius 2 is 1.86 bits per heavy atom. The van der Waals surface area contributed by atoms with E-state index in [4.69, 9.17) is 5.73 Å². The van der Waals surface area contributed by atoms with Crippen LogP contribution in [-0.2, 0) is 4.79 Å². The zero-order valence-corrected chi connectivity index (χ0v) is 14.0. The Hall–Kier alpha value is -0.570. The van der Waals surface area contributed by atoms with Gasteiger partial charge in [-0.2, -0.15) is 0 Å². The topological polar surface area (TPSA) is 46.3 Å². The Bertz CT molecular complexity index is 329. The number of fused-ring (bicyclic) bond motifs is 1. The van der Waals surface area contributed by atoms with Crippen molar-refractivity contribution in [2.75, 3.05) is 19.6 Å². The first-order chi connectivity index (χ1) is 10.1. The lowest BCUT2D eigenvalue weighted by atomic mass is 9.67. The van der Waals surface area contributed by atoms with Gasteiger partial charge in [0, 0.05) is 19.0 Å². The van der Waals surface area contributed by atoms with Crippen LogP contribution in [0.2, 0.25) is 0 Å². The lowest BCUT2D eigenvalue weighted by molar-refractivity contribution is -0.138. The molecule has 2 N–H and O–H groups in total. The summed E-state index contributed by atoms with van der Waals surface area (Å²) in [6.07, 6.45) is 10.1. The molecule has 0 radical (unpaired) electrons. The molecule has 122 valence electrons. The molecule has 1 amide bonds. The molecular weight excluding hydrogens is 260 g/mol. The Balaban J connectivity index is 1.92. The maximum atomic E-state index is 12.9. The molecule has 2 saturated carbocycles. The molecule has 0 spiro atoms. The molecule has 3 nitrogen and oxygen atoms in total. The molecule has 0 heterocycles. The summed E-state index contributed by atoms with van der Waals surface area (Å²) in [6, 6.07) is 0. The van der Waals surface area contributed by atoms with Crippen molar-refractivity contribution in [1.29, 1.82) is 0 Å². The highest BCUT2D eigenvalue weighted by molar-refractivity contribution is 5.79. The lowest BCUT2D eigenvalue weighted by Gasteiger charge is -2.40. The molecular formula is C18H34N2O. The van der Waals surface area contributed by atoms with E-state index >= 15 is 0 Å². The number of amides is 1. The normalized spacial score (nSPS) is 29.2. The maximum Gasteiger partial charge on any atom is 0.225 e. The first-order valence-electron chi connectivity index (χ1n) is 9.10. The molecule has 0 aromatic carbocycles. The Morgan fingerprint density at radius 3 is 2.52 bits per heavy atom. The van der Waals surface area contributed by atoms with E-state index in [1.807, 2.05) is 0 Å². The van der Waals surface area contributed by atoms with Crippen LogP contribution < -0.4 is 5.73 Å². The predicted octanol–water partition coefficient (Wildman–Crippen LogP) is 3.43. The number of carbonyl (C=O) groups excluding carboxylic acids is 1. The summed E-state index contributed by atoms with van der Waals surface area (Å²) >= 11 is 0. The number of nitrogens with zero attached hydrogens (tertiary/aromatic N) is 1. The van der Waals surface area contributed by atoms with Crippen LogP contribution in [0, 0.1) is 23.7 Å². The Morgan fingerprint density at radius 1 is 1.14 bits per heavy atom. The SMILES string of the molecule is CC(C)CN(CCCN)C(=O)C1CCC2CCCCC2C1. The van der Waals surface area contributed by atoms with Crippen LogP contribution in [0.25, 0.3) is 0 Å². The van der Waals surface area contributed by atoms with E-state index in [-0.39, 0.29) is 0 Å². The summed E-state index contributed by atoms with van der Waals surface area (Å²) in [5, 5.41) is 0. The highest BCUT2D eigenvalue weighted by atomic mass is 16.2. The van der Waals surface area contributed by atoms with Crippen molar-refractivity contribution >= 4 is 5.91 Å². The van der Waals surface area contributed by atoms with Gasteiger partial charge in [-0.25, -0.2) is 0 Å². The van der Waals surface area contributed by atoms with E-state index in [0.717, 1.165) is 44.2 Å². The quantitative estimate of drug-likeness (QED) is 0.816. The number of hydrogen-bond donors (Lipinski definition) is 1. The maximum absolute atomic E-state index is 12.9. The lowest BCUT2D eigenvalue weighted by Crippen LogP contribution is -2.42. The smallest absolute Gasteiger partial charge is 0.225 e. The number of carbonyl (C=O) groups is 1. The molecule has 2 fully saturated rings. The second kappa shape index (κ2) is 8.17. The van der Waals surface area contributed by atoms with Crippen molar-refractivity contribution in [2.45, 2.75) is 65.2 Å². The van der Waals surface area contributed by atoms with Gasteiger partial charge < -0.3 is 10.6 Å². The third-order valence-corrected chi connectivity index (χ3v) is 5.42. The largest absolute Gasteiger partial charge is 0.342 e. The van der Waals surface area contributed by atoms with Gasteiger partial charge in [-0.3, -0.25) is 4.79 Å². The van der Waals surface area contributed by atoms with Crippen LogP contribution in [0.1, 0.15) is 65.2 Å². The molecule has 0 aliphatic heterocycles. The predicted molar refractivity (Wildman–Crippen MR) is 87.9 cm³/mol. The van der Waals surface area contributed by atoms with Crippen molar-refractivity contribution in [1.82, 2.24) is 4.90 Å². The van der Waals surface area contributed by atoms with Gasteiger partial charge in [-0.15, -0.1) is 0 Å². The van der Waals surface area contributed by atoms with Crippen molar-refractivity contribution < 1.29 is 4.79 Å². The molecule has 0 aromatic heterocycles. The Kier molecular flexibility index (Phi) is 6.53. The minimum Gasteiger partial charge on any atom is -0.342 e. The fraction of sp³-hybridized carbons (Fsp3) is 0.944. The van der Waals surface area contributed by atoms with Gasteiger partial charge in [0.15, 0.2) is 0 Å². The summed E-state index contributed by atoms with van der Waals surface area (Å²) in [5.74, 6) is 3.00. The third kappa shape index (κ3) is 4.70. The van der Waals surface area contributed by atoms with Gasteiger partial charge in [0.1, 0.15) is 0 Å². The molecule has 2 aliphatic rings. The minimum absolute atomic E-state index is 0.292. The molecule has 0 aromatic rings. The number of hydrogen-bond acceptors (Lipinski definition) is 2. The summed E-state index contributed by atoms with van der Waals surface area (Å²) in [4.78, 5) is 15.0. The standard InChI is InChI=1S/C18H34N2O/c1-14(2)13-20(11-5-10-19)18(21)17-9-8-15-6-3-4-7-16(15)12-17/h14-17H,3-13,19H2,1-2H3. The van der Waals surface area contributed by atoms with Crippen LogP contribution >= 0.6 is 0 Å². The fourth-order valence-corrected chi connectivity index (χ4v) is 4.37. The number of rotatable bonds is 6. The second-order valence-electron chi connectivity index (χ2n) is 7.63. The highest BCUT2D eigenvalue weighted by Crippen LogP contribution is 2.43. The van der Waals surface area contributed by atoms with Gasteiger partial charge >= 0.3 is 0 Å².